The topological polar surface area (TPSA) is 109 Å². The lowest BCUT2D eigenvalue weighted by Crippen LogP contribution is -2.23. The van der Waals surface area contributed by atoms with Crippen molar-refractivity contribution in [3.63, 3.8) is 0 Å². The molecule has 0 unspecified atom stereocenters. The number of hydrogen-bond donors (Lipinski definition) is 2. The maximum Gasteiger partial charge on any atom is 0.308 e. The first-order valence-corrected chi connectivity index (χ1v) is 9.05. The predicted molar refractivity (Wildman–Crippen MR) is 112 cm³/mol. The highest BCUT2D eigenvalue weighted by atomic mass is 16.6. The summed E-state index contributed by atoms with van der Waals surface area (Å²) in [6.45, 7) is 3.26. The van der Waals surface area contributed by atoms with E-state index in [0.29, 0.717) is 11.5 Å². The largest absolute Gasteiger partial charge is 0.508 e. The summed E-state index contributed by atoms with van der Waals surface area (Å²) in [4.78, 5) is 23.3. The number of carbonyl (C=O) groups is 2. The number of methoxy groups -OCH3 is 1. The van der Waals surface area contributed by atoms with E-state index >= 15 is 0 Å². The summed E-state index contributed by atoms with van der Waals surface area (Å²) in [6.07, 6.45) is 4.65. The number of aromatic hydroxyl groups is 1. The Kier molecular flexibility index (Phi) is 7.77. The molecule has 0 radical (unpaired) electrons. The summed E-state index contributed by atoms with van der Waals surface area (Å²) in [7, 11) is 1.46. The molecule has 7 heteroatoms. The first kappa shape index (κ1) is 22.2. The Hall–Kier alpha value is -4.05. The number of carbonyl (C=O) groups excluding carboxylic acids is 2. The number of nitrogens with zero attached hydrogens (tertiary/aromatic N) is 1. The van der Waals surface area contributed by atoms with Crippen LogP contribution in [0.2, 0.25) is 0 Å². The minimum atomic E-state index is -0.523. The van der Waals surface area contributed by atoms with Crippen molar-refractivity contribution in [2.24, 2.45) is 0 Å². The molecule has 2 N–H and O–H groups in total. The predicted octanol–water partition coefficient (Wildman–Crippen LogP) is 3.41. The Morgan fingerprint density at radius 2 is 1.97 bits per heavy atom. The third-order valence-electron chi connectivity index (χ3n) is 4.08. The summed E-state index contributed by atoms with van der Waals surface area (Å²) in [5.74, 6) is -0.140. The van der Waals surface area contributed by atoms with Gasteiger partial charge in [0.05, 0.1) is 7.11 Å². The van der Waals surface area contributed by atoms with Crippen molar-refractivity contribution in [1.29, 1.82) is 5.26 Å². The van der Waals surface area contributed by atoms with Crippen LogP contribution in [0.4, 0.5) is 0 Å². The number of nitriles is 1. The Morgan fingerprint density at radius 3 is 2.60 bits per heavy atom. The van der Waals surface area contributed by atoms with Crippen LogP contribution >= 0.6 is 0 Å². The Bertz CT molecular complexity index is 1050. The van der Waals surface area contributed by atoms with Crippen LogP contribution in [0.1, 0.15) is 23.6 Å². The van der Waals surface area contributed by atoms with Crippen molar-refractivity contribution >= 4 is 18.0 Å². The fraction of sp³-hybridized carbons (Fsp3) is 0.174. The Balaban J connectivity index is 2.05. The van der Waals surface area contributed by atoms with Gasteiger partial charge in [0.15, 0.2) is 11.5 Å². The van der Waals surface area contributed by atoms with Gasteiger partial charge in [-0.15, -0.1) is 0 Å². The van der Waals surface area contributed by atoms with Crippen molar-refractivity contribution in [2.75, 3.05) is 7.11 Å². The molecule has 0 aliphatic carbocycles. The van der Waals surface area contributed by atoms with Crippen molar-refractivity contribution in [3.05, 3.63) is 70.8 Å². The Morgan fingerprint density at radius 1 is 1.20 bits per heavy atom. The molecule has 0 bridgehead atoms. The average Bonchev–Trinajstić information content (AvgIpc) is 2.72. The fourth-order valence-electron chi connectivity index (χ4n) is 2.49. The number of amides is 1. The highest BCUT2D eigenvalue weighted by Gasteiger charge is 2.09. The second kappa shape index (κ2) is 10.5. The van der Waals surface area contributed by atoms with Gasteiger partial charge in [0, 0.05) is 13.5 Å². The molecule has 7 nitrogen and oxygen atoms in total. The zero-order valence-corrected chi connectivity index (χ0v) is 16.9. The second-order valence-corrected chi connectivity index (χ2v) is 6.36. The van der Waals surface area contributed by atoms with Gasteiger partial charge in [0.1, 0.15) is 17.4 Å². The van der Waals surface area contributed by atoms with E-state index in [1.165, 1.54) is 20.1 Å². The molecular formula is C23H22N2O5. The van der Waals surface area contributed by atoms with E-state index in [1.807, 2.05) is 6.07 Å². The molecule has 0 fully saturated rings. The maximum absolute atomic E-state index is 12.2. The first-order valence-electron chi connectivity index (χ1n) is 9.05. The monoisotopic (exact) mass is 406 g/mol. The van der Waals surface area contributed by atoms with E-state index in [4.69, 9.17) is 9.47 Å². The number of esters is 1. The van der Waals surface area contributed by atoms with Gasteiger partial charge in [0.25, 0.3) is 5.91 Å². The third kappa shape index (κ3) is 6.24. The van der Waals surface area contributed by atoms with Gasteiger partial charge in [-0.3, -0.25) is 9.59 Å². The van der Waals surface area contributed by atoms with E-state index in [1.54, 1.807) is 55.5 Å². The molecule has 30 heavy (non-hydrogen) atoms. The summed E-state index contributed by atoms with van der Waals surface area (Å²) in [5.41, 5.74) is 2.13. The SMILES string of the molecule is COc1cc(/C=C/C=C(\C#N)C(=O)NCc2ccc(C)c(O)c2)ccc1OC(C)=O. The molecular weight excluding hydrogens is 384 g/mol. The standard InChI is InChI=1S/C23H22N2O5/c1-15-7-8-18(11-20(15)27)14-25-23(28)19(13-24)6-4-5-17-9-10-21(30-16(2)26)22(12-17)29-3/h4-12,27H,14H2,1-3H3,(H,25,28)/b5-4+,19-6+. The average molecular weight is 406 g/mol. The molecule has 2 aromatic carbocycles. The molecule has 0 aliphatic heterocycles. The molecule has 2 rings (SSSR count). The lowest BCUT2D eigenvalue weighted by atomic mass is 10.1. The highest BCUT2D eigenvalue weighted by molar-refractivity contribution is 5.97. The number of phenols is 1. The highest BCUT2D eigenvalue weighted by Crippen LogP contribution is 2.28. The maximum atomic E-state index is 12.2. The van der Waals surface area contributed by atoms with Gasteiger partial charge >= 0.3 is 5.97 Å². The molecule has 0 saturated carbocycles. The number of nitrogens with one attached hydrogen (secondary N) is 1. The number of rotatable bonds is 7. The van der Waals surface area contributed by atoms with Gasteiger partial charge in [-0.25, -0.2) is 0 Å². The molecule has 2 aromatic rings. The lowest BCUT2D eigenvalue weighted by molar-refractivity contribution is -0.132. The molecule has 0 aliphatic rings. The molecule has 0 atom stereocenters. The van der Waals surface area contributed by atoms with E-state index in [-0.39, 0.29) is 17.9 Å². The number of hydrogen-bond acceptors (Lipinski definition) is 6. The van der Waals surface area contributed by atoms with Gasteiger partial charge in [0.2, 0.25) is 0 Å². The quantitative estimate of drug-likeness (QED) is 0.240. The van der Waals surface area contributed by atoms with Crippen molar-refractivity contribution < 1.29 is 24.2 Å². The van der Waals surface area contributed by atoms with Crippen LogP contribution in [0.15, 0.2) is 54.1 Å². The number of allylic oxidation sites excluding steroid dienone is 2. The van der Waals surface area contributed by atoms with Crippen LogP contribution in [-0.4, -0.2) is 24.1 Å². The van der Waals surface area contributed by atoms with Gasteiger partial charge < -0.3 is 19.9 Å². The number of phenolic OH excluding ortho intramolecular Hbond substituents is 1. The van der Waals surface area contributed by atoms with Crippen LogP contribution in [-0.2, 0) is 16.1 Å². The van der Waals surface area contributed by atoms with Crippen LogP contribution < -0.4 is 14.8 Å². The van der Waals surface area contributed by atoms with E-state index in [9.17, 15) is 20.0 Å². The molecule has 0 heterocycles. The summed E-state index contributed by atoms with van der Waals surface area (Å²) in [6, 6.07) is 11.9. The zero-order chi connectivity index (χ0) is 22.1. The zero-order valence-electron chi connectivity index (χ0n) is 16.9. The summed E-state index contributed by atoms with van der Waals surface area (Å²) in [5, 5.41) is 21.6. The van der Waals surface area contributed by atoms with Crippen LogP contribution in [0.3, 0.4) is 0 Å². The number of aryl methyl sites for hydroxylation is 1. The van der Waals surface area contributed by atoms with Gasteiger partial charge in [-0.1, -0.05) is 30.4 Å². The fourth-order valence-corrected chi connectivity index (χ4v) is 2.49. The molecule has 0 saturated heterocycles. The number of ether oxygens (including phenoxy) is 2. The molecule has 0 aromatic heterocycles. The number of benzene rings is 2. The third-order valence-corrected chi connectivity index (χ3v) is 4.08. The van der Waals surface area contributed by atoms with Gasteiger partial charge in [-0.2, -0.15) is 5.26 Å². The smallest absolute Gasteiger partial charge is 0.308 e. The summed E-state index contributed by atoms with van der Waals surface area (Å²) >= 11 is 0. The van der Waals surface area contributed by atoms with Crippen LogP contribution in [0.25, 0.3) is 6.08 Å². The summed E-state index contributed by atoms with van der Waals surface area (Å²) < 4.78 is 10.3. The molecule has 154 valence electrons. The second-order valence-electron chi connectivity index (χ2n) is 6.36. The minimum absolute atomic E-state index is 0.0638. The molecule has 1 amide bonds. The lowest BCUT2D eigenvalue weighted by Gasteiger charge is -2.08. The van der Waals surface area contributed by atoms with E-state index < -0.39 is 11.9 Å². The first-order chi connectivity index (χ1) is 14.3. The van der Waals surface area contributed by atoms with Crippen molar-refractivity contribution in [2.45, 2.75) is 20.4 Å². The normalized spacial score (nSPS) is 11.1. The van der Waals surface area contributed by atoms with Crippen LogP contribution in [0, 0.1) is 18.3 Å². The van der Waals surface area contributed by atoms with Crippen LogP contribution in [0.5, 0.6) is 17.2 Å². The van der Waals surface area contributed by atoms with Crippen molar-refractivity contribution in [1.82, 2.24) is 5.32 Å². The minimum Gasteiger partial charge on any atom is -0.508 e. The Labute approximate surface area is 174 Å². The molecule has 0 spiro atoms. The van der Waals surface area contributed by atoms with E-state index in [2.05, 4.69) is 5.32 Å². The van der Waals surface area contributed by atoms with E-state index in [0.717, 1.165) is 16.7 Å². The van der Waals surface area contributed by atoms with Gasteiger partial charge in [-0.05, 0) is 47.9 Å². The van der Waals surface area contributed by atoms with Crippen molar-refractivity contribution in [3.8, 4) is 23.3 Å².